The normalized spacial score (nSPS) is 29.4. The van der Waals surface area contributed by atoms with E-state index in [-0.39, 0.29) is 0 Å². The Hall–Kier alpha value is -0.590. The van der Waals surface area contributed by atoms with E-state index in [1.165, 1.54) is 57.1 Å². The smallest absolute Gasteiger partial charge is 0.0232 e. The lowest BCUT2D eigenvalue weighted by Crippen LogP contribution is -2.27. The Morgan fingerprint density at radius 1 is 1.21 bits per heavy atom. The molecule has 19 heavy (non-hydrogen) atoms. The molecule has 2 aliphatic rings. The number of rotatable bonds is 3. The Bertz CT molecular complexity index is 352. The van der Waals surface area contributed by atoms with E-state index in [9.17, 15) is 0 Å². The van der Waals surface area contributed by atoms with Crippen LogP contribution < -0.4 is 0 Å². The van der Waals surface area contributed by atoms with Crippen LogP contribution in [0.1, 0.15) is 79.1 Å². The molecule has 0 aromatic rings. The Morgan fingerprint density at radius 2 is 1.89 bits per heavy atom. The number of allylic oxidation sites excluding steroid dienone is 1. The predicted octanol–water partition coefficient (Wildman–Crippen LogP) is 5.76. The number of hydrogen-bond acceptors (Lipinski definition) is 1. The summed E-state index contributed by atoms with van der Waals surface area (Å²) in [5.74, 6) is 0.915. The van der Waals surface area contributed by atoms with Gasteiger partial charge in [0, 0.05) is 11.9 Å². The van der Waals surface area contributed by atoms with Gasteiger partial charge < -0.3 is 0 Å². The lowest BCUT2D eigenvalue weighted by atomic mass is 9.70. The Morgan fingerprint density at radius 3 is 2.53 bits per heavy atom. The lowest BCUT2D eigenvalue weighted by Gasteiger charge is -2.36. The monoisotopic (exact) mass is 261 g/mol. The fourth-order valence-electron chi connectivity index (χ4n) is 4.08. The second-order valence-corrected chi connectivity index (χ2v) is 8.29. The van der Waals surface area contributed by atoms with E-state index in [2.05, 4.69) is 45.0 Å². The van der Waals surface area contributed by atoms with Crippen molar-refractivity contribution in [2.24, 2.45) is 21.7 Å². The number of aliphatic imine (C=N–C) groups is 1. The van der Waals surface area contributed by atoms with E-state index in [1.807, 2.05) is 0 Å². The van der Waals surface area contributed by atoms with Crippen molar-refractivity contribution in [3.8, 4) is 0 Å². The molecule has 1 atom stereocenters. The van der Waals surface area contributed by atoms with Crippen LogP contribution in [0.15, 0.2) is 17.3 Å². The molecule has 2 rings (SSSR count). The molecule has 1 heteroatoms. The summed E-state index contributed by atoms with van der Waals surface area (Å²) in [4.78, 5) is 4.69. The molecule has 1 aliphatic carbocycles. The van der Waals surface area contributed by atoms with E-state index in [4.69, 9.17) is 0 Å². The average Bonchev–Trinajstić information content (AvgIpc) is 2.27. The highest BCUT2D eigenvalue weighted by Crippen LogP contribution is 2.40. The van der Waals surface area contributed by atoms with Crippen LogP contribution >= 0.6 is 0 Å². The molecule has 0 N–H and O–H groups in total. The maximum atomic E-state index is 4.69. The van der Waals surface area contributed by atoms with Gasteiger partial charge in [0.25, 0.3) is 0 Å². The van der Waals surface area contributed by atoms with Crippen LogP contribution in [0.5, 0.6) is 0 Å². The largest absolute Gasteiger partial charge is 0.266 e. The number of nitrogens with zero attached hydrogens (tertiary/aromatic N) is 1. The van der Waals surface area contributed by atoms with Gasteiger partial charge in [-0.25, -0.2) is 0 Å². The topological polar surface area (TPSA) is 12.4 Å². The van der Waals surface area contributed by atoms with E-state index in [1.54, 1.807) is 0 Å². The standard InChI is InChI=1S/C18H31N/c1-17(2,3)14-18(4)10-11-19-16(13-18)12-15-8-6-5-7-9-15/h10-11,15H,5-9,12-14H2,1-4H3. The highest BCUT2D eigenvalue weighted by atomic mass is 14.7. The third kappa shape index (κ3) is 4.78. The van der Waals surface area contributed by atoms with Crippen molar-refractivity contribution in [2.75, 3.05) is 0 Å². The third-order valence-electron chi connectivity index (χ3n) is 4.53. The second-order valence-electron chi connectivity index (χ2n) is 8.29. The van der Waals surface area contributed by atoms with Gasteiger partial charge >= 0.3 is 0 Å². The summed E-state index contributed by atoms with van der Waals surface area (Å²) in [6, 6.07) is 0. The fraction of sp³-hybridized carbons (Fsp3) is 0.833. The average molecular weight is 261 g/mol. The molecule has 0 aromatic carbocycles. The van der Waals surface area contributed by atoms with Gasteiger partial charge in [0.1, 0.15) is 0 Å². The van der Waals surface area contributed by atoms with Gasteiger partial charge in [-0.15, -0.1) is 0 Å². The minimum Gasteiger partial charge on any atom is -0.266 e. The van der Waals surface area contributed by atoms with E-state index >= 15 is 0 Å². The summed E-state index contributed by atoms with van der Waals surface area (Å²) in [5, 5.41) is 0. The van der Waals surface area contributed by atoms with Crippen LogP contribution in [-0.4, -0.2) is 5.71 Å². The third-order valence-corrected chi connectivity index (χ3v) is 4.53. The van der Waals surface area contributed by atoms with Gasteiger partial charge in [0.05, 0.1) is 0 Å². The minimum absolute atomic E-state index is 0.323. The summed E-state index contributed by atoms with van der Waals surface area (Å²) in [7, 11) is 0. The van der Waals surface area contributed by atoms with E-state index < -0.39 is 0 Å². The maximum absolute atomic E-state index is 4.69. The minimum atomic E-state index is 0.323. The van der Waals surface area contributed by atoms with Crippen LogP contribution in [0.3, 0.4) is 0 Å². The SMILES string of the molecule is CC(C)(C)CC1(C)C=CN=C(CC2CCCCC2)C1. The number of hydrogen-bond donors (Lipinski definition) is 0. The summed E-state index contributed by atoms with van der Waals surface area (Å²) in [6.45, 7) is 9.44. The molecule has 1 saturated carbocycles. The zero-order valence-corrected chi connectivity index (χ0v) is 13.3. The Balaban J connectivity index is 1.93. The Kier molecular flexibility index (Phi) is 4.53. The van der Waals surface area contributed by atoms with Crippen molar-refractivity contribution < 1.29 is 0 Å². The molecule has 0 spiro atoms. The maximum Gasteiger partial charge on any atom is 0.0232 e. The van der Waals surface area contributed by atoms with E-state index in [0.717, 1.165) is 5.92 Å². The van der Waals surface area contributed by atoms with Gasteiger partial charge in [-0.1, -0.05) is 65.9 Å². The van der Waals surface area contributed by atoms with Gasteiger partial charge in [0.2, 0.25) is 0 Å². The Labute approximate surface area is 119 Å². The highest BCUT2D eigenvalue weighted by molar-refractivity contribution is 5.86. The molecule has 1 fully saturated rings. The van der Waals surface area contributed by atoms with Crippen molar-refractivity contribution in [1.29, 1.82) is 0 Å². The van der Waals surface area contributed by atoms with Crippen molar-refractivity contribution in [3.05, 3.63) is 12.3 Å². The molecule has 1 heterocycles. The molecule has 0 radical (unpaired) electrons. The molecular formula is C18H31N. The molecule has 1 nitrogen and oxygen atoms in total. The summed E-state index contributed by atoms with van der Waals surface area (Å²) in [6.07, 6.45) is 15.3. The summed E-state index contributed by atoms with van der Waals surface area (Å²) >= 11 is 0. The van der Waals surface area contributed by atoms with Crippen LogP contribution in [-0.2, 0) is 0 Å². The first kappa shape index (κ1) is 14.8. The van der Waals surface area contributed by atoms with Crippen molar-refractivity contribution >= 4 is 5.71 Å². The first-order valence-electron chi connectivity index (χ1n) is 8.10. The first-order valence-corrected chi connectivity index (χ1v) is 8.10. The van der Waals surface area contributed by atoms with Crippen molar-refractivity contribution in [3.63, 3.8) is 0 Å². The molecule has 0 bridgehead atoms. The molecule has 108 valence electrons. The quantitative estimate of drug-likeness (QED) is 0.612. The van der Waals surface area contributed by atoms with Crippen molar-refractivity contribution in [1.82, 2.24) is 0 Å². The highest BCUT2D eigenvalue weighted by Gasteiger charge is 2.31. The van der Waals surface area contributed by atoms with Crippen molar-refractivity contribution in [2.45, 2.75) is 79.1 Å². The molecule has 0 amide bonds. The summed E-state index contributed by atoms with van der Waals surface area (Å²) in [5.41, 5.74) is 2.18. The molecule has 1 aliphatic heterocycles. The lowest BCUT2D eigenvalue weighted by molar-refractivity contribution is 0.246. The summed E-state index contributed by atoms with van der Waals surface area (Å²) < 4.78 is 0. The molecule has 0 saturated heterocycles. The van der Waals surface area contributed by atoms with Gasteiger partial charge in [-0.2, -0.15) is 0 Å². The zero-order valence-electron chi connectivity index (χ0n) is 13.3. The van der Waals surface area contributed by atoms with E-state index in [0.29, 0.717) is 10.8 Å². The zero-order chi connectivity index (χ0) is 13.9. The van der Waals surface area contributed by atoms with Gasteiger partial charge in [0.15, 0.2) is 0 Å². The van der Waals surface area contributed by atoms with Crippen LogP contribution in [0.2, 0.25) is 0 Å². The second kappa shape index (κ2) is 5.81. The predicted molar refractivity (Wildman–Crippen MR) is 84.6 cm³/mol. The molecular weight excluding hydrogens is 230 g/mol. The fourth-order valence-corrected chi connectivity index (χ4v) is 4.08. The molecule has 1 unspecified atom stereocenters. The van der Waals surface area contributed by atoms with Crippen LogP contribution in [0.25, 0.3) is 0 Å². The van der Waals surface area contributed by atoms with Gasteiger partial charge in [-0.05, 0) is 36.0 Å². The van der Waals surface area contributed by atoms with Gasteiger partial charge in [-0.3, -0.25) is 4.99 Å². The van der Waals surface area contributed by atoms with Crippen LogP contribution in [0.4, 0.5) is 0 Å². The first-order chi connectivity index (χ1) is 8.86. The molecule has 0 aromatic heterocycles. The van der Waals surface area contributed by atoms with Crippen LogP contribution in [0, 0.1) is 16.7 Å².